The van der Waals surface area contributed by atoms with Crippen molar-refractivity contribution in [3.63, 3.8) is 0 Å². The van der Waals surface area contributed by atoms with Gasteiger partial charge >= 0.3 is 12.0 Å². The Hall–Kier alpha value is -2.36. The number of benzene rings is 1. The number of hydrazone groups is 1. The molecule has 0 atom stereocenters. The number of rotatable bonds is 4. The smallest absolute Gasteiger partial charge is 0.339 e. The summed E-state index contributed by atoms with van der Waals surface area (Å²) in [5.74, 6) is -2.87. The van der Waals surface area contributed by atoms with Gasteiger partial charge in [-0.1, -0.05) is 0 Å². The van der Waals surface area contributed by atoms with Crippen LogP contribution in [0.1, 0.15) is 23.0 Å². The van der Waals surface area contributed by atoms with Gasteiger partial charge in [-0.15, -0.1) is 0 Å². The van der Waals surface area contributed by atoms with E-state index >= 15 is 0 Å². The molecule has 1 aromatic heterocycles. The monoisotopic (exact) mass is 357 g/mol. The molecule has 0 unspecified atom stereocenters. The van der Waals surface area contributed by atoms with Crippen molar-refractivity contribution in [2.45, 2.75) is 6.92 Å². The summed E-state index contributed by atoms with van der Waals surface area (Å²) in [6, 6.07) is 4.48. The first kappa shape index (κ1) is 20.7. The van der Waals surface area contributed by atoms with Gasteiger partial charge in [0.2, 0.25) is 0 Å². The Labute approximate surface area is 163 Å². The van der Waals surface area contributed by atoms with Crippen molar-refractivity contribution in [3.05, 3.63) is 59.4 Å². The molecule has 1 aromatic carbocycles. The van der Waals surface area contributed by atoms with Crippen LogP contribution in [0.3, 0.4) is 0 Å². The van der Waals surface area contributed by atoms with E-state index < -0.39 is 23.6 Å². The van der Waals surface area contributed by atoms with Crippen molar-refractivity contribution >= 4 is 53.0 Å². The molecule has 125 valence electrons. The maximum absolute atomic E-state index is 13.0. The largest absolute Gasteiger partial charge is 0.478 e. The summed E-state index contributed by atoms with van der Waals surface area (Å²) >= 11 is 0. The molecule has 0 aliphatic carbocycles. The Kier molecular flexibility index (Phi) is 7.62. The molecule has 1 heterocycles. The van der Waals surface area contributed by atoms with Crippen molar-refractivity contribution < 1.29 is 23.5 Å². The Morgan fingerprint density at radius 3 is 2.44 bits per heavy atom. The van der Waals surface area contributed by atoms with Crippen LogP contribution in [0.15, 0.2) is 41.6 Å². The molecule has 10 heteroatoms. The van der Waals surface area contributed by atoms with Crippen molar-refractivity contribution in [1.82, 2.24) is 10.4 Å². The normalized spacial score (nSPS) is 10.6. The molecule has 7 nitrogen and oxygen atoms in total. The van der Waals surface area contributed by atoms with E-state index in [0.717, 1.165) is 12.1 Å². The third-order valence-corrected chi connectivity index (χ3v) is 2.83. The number of nitrogens with zero attached hydrogens (tertiary/aromatic N) is 2. The van der Waals surface area contributed by atoms with E-state index in [4.69, 9.17) is 5.11 Å². The van der Waals surface area contributed by atoms with Crippen LogP contribution < -0.4 is 10.7 Å². The molecule has 0 fully saturated rings. The SMILES string of the molecule is C/C(=N\NC(=O)Nc1cc(F)cc(F)c1)c1ncccc1C(=O)O.[Na]. The summed E-state index contributed by atoms with van der Waals surface area (Å²) in [6.07, 6.45) is 1.39. The van der Waals surface area contributed by atoms with E-state index in [1.807, 2.05) is 0 Å². The summed E-state index contributed by atoms with van der Waals surface area (Å²) in [7, 11) is 0. The number of nitrogens with one attached hydrogen (secondary N) is 2. The number of urea groups is 1. The number of aromatic nitrogens is 1. The van der Waals surface area contributed by atoms with Gasteiger partial charge in [-0.2, -0.15) is 5.10 Å². The minimum atomic E-state index is -1.19. The zero-order valence-electron chi connectivity index (χ0n) is 13.4. The molecule has 0 bridgehead atoms. The minimum Gasteiger partial charge on any atom is -0.478 e. The Morgan fingerprint density at radius 1 is 1.20 bits per heavy atom. The number of carboxylic acids is 1. The summed E-state index contributed by atoms with van der Waals surface area (Å²) in [5, 5.41) is 15.0. The summed E-state index contributed by atoms with van der Waals surface area (Å²) in [6.45, 7) is 1.46. The molecule has 1 radical (unpaired) electrons. The average molecular weight is 357 g/mol. The zero-order valence-corrected chi connectivity index (χ0v) is 15.4. The topological polar surface area (TPSA) is 104 Å². The van der Waals surface area contributed by atoms with E-state index in [1.165, 1.54) is 25.3 Å². The van der Waals surface area contributed by atoms with Crippen molar-refractivity contribution in [2.75, 3.05) is 5.32 Å². The number of aromatic carboxylic acids is 1. The fraction of sp³-hybridized carbons (Fsp3) is 0.0667. The average Bonchev–Trinajstić information content (AvgIpc) is 2.51. The van der Waals surface area contributed by atoms with E-state index in [1.54, 1.807) is 0 Å². The molecular weight excluding hydrogens is 345 g/mol. The van der Waals surface area contributed by atoms with Gasteiger partial charge in [-0.05, 0) is 31.2 Å². The first-order chi connectivity index (χ1) is 11.4. The number of carbonyl (C=O) groups excluding carboxylic acids is 1. The molecule has 2 amide bonds. The summed E-state index contributed by atoms with van der Waals surface area (Å²) in [4.78, 5) is 26.7. The third kappa shape index (κ3) is 5.89. The van der Waals surface area contributed by atoms with Gasteiger partial charge in [0.15, 0.2) is 0 Å². The zero-order chi connectivity index (χ0) is 17.7. The number of halogens is 2. The maximum Gasteiger partial charge on any atom is 0.339 e. The van der Waals surface area contributed by atoms with Gasteiger partial charge in [-0.25, -0.2) is 23.8 Å². The minimum absolute atomic E-state index is 0. The Morgan fingerprint density at radius 2 is 1.84 bits per heavy atom. The molecule has 2 rings (SSSR count). The number of anilines is 1. The first-order valence-corrected chi connectivity index (χ1v) is 6.63. The van der Waals surface area contributed by atoms with Crippen LogP contribution in [0.4, 0.5) is 19.3 Å². The summed E-state index contributed by atoms with van der Waals surface area (Å²) in [5.41, 5.74) is 2.16. The maximum atomic E-state index is 13.0. The van der Waals surface area contributed by atoms with E-state index in [9.17, 15) is 18.4 Å². The number of carboxylic acid groups (broad SMARTS) is 1. The Balaban J connectivity index is 0.00000312. The van der Waals surface area contributed by atoms with Crippen molar-refractivity contribution in [3.8, 4) is 0 Å². The predicted octanol–water partition coefficient (Wildman–Crippen LogP) is 2.22. The predicted molar refractivity (Wildman–Crippen MR) is 87.7 cm³/mol. The van der Waals surface area contributed by atoms with Gasteiger partial charge in [0.25, 0.3) is 0 Å². The van der Waals surface area contributed by atoms with Gasteiger partial charge < -0.3 is 10.4 Å². The van der Waals surface area contributed by atoms with Gasteiger partial charge in [0.1, 0.15) is 17.3 Å². The number of amides is 2. The Bertz CT molecular complexity index is 810. The van der Waals surface area contributed by atoms with E-state index in [2.05, 4.69) is 20.8 Å². The quantitative estimate of drug-likeness (QED) is 0.443. The molecule has 0 aliphatic rings. The van der Waals surface area contributed by atoms with Crippen LogP contribution in [0.25, 0.3) is 0 Å². The molecule has 0 spiro atoms. The second-order valence-electron chi connectivity index (χ2n) is 4.63. The molecule has 3 N–H and O–H groups in total. The van der Waals surface area contributed by atoms with Crippen molar-refractivity contribution in [2.24, 2.45) is 5.10 Å². The van der Waals surface area contributed by atoms with Crippen LogP contribution in [-0.4, -0.2) is 57.4 Å². The summed E-state index contributed by atoms with van der Waals surface area (Å²) < 4.78 is 26.1. The molecular formula is C15H12F2N4NaO3. The third-order valence-electron chi connectivity index (χ3n) is 2.83. The number of carbonyl (C=O) groups is 2. The second-order valence-corrected chi connectivity index (χ2v) is 4.63. The standard InChI is InChI=1S/C15H12F2N4O3.Na/c1-8(13-12(14(22)23)3-2-4-18-13)20-21-15(24)19-11-6-9(16)5-10(17)7-11;/h2-7H,1H3,(H,22,23)(H2,19,21,24);/b20-8+;. The van der Waals surface area contributed by atoms with E-state index in [-0.39, 0.29) is 52.2 Å². The van der Waals surface area contributed by atoms with Crippen LogP contribution in [-0.2, 0) is 0 Å². The molecule has 0 saturated carbocycles. The van der Waals surface area contributed by atoms with Crippen LogP contribution in [0, 0.1) is 11.6 Å². The number of pyridine rings is 1. The molecule has 0 saturated heterocycles. The fourth-order valence-electron chi connectivity index (χ4n) is 1.84. The molecule has 2 aromatic rings. The van der Waals surface area contributed by atoms with Crippen LogP contribution in [0.5, 0.6) is 0 Å². The number of hydrogen-bond donors (Lipinski definition) is 3. The van der Waals surface area contributed by atoms with Crippen LogP contribution in [0.2, 0.25) is 0 Å². The fourth-order valence-corrected chi connectivity index (χ4v) is 1.84. The second kappa shape index (κ2) is 9.21. The van der Waals surface area contributed by atoms with Gasteiger partial charge in [-0.3, -0.25) is 4.98 Å². The van der Waals surface area contributed by atoms with E-state index in [0.29, 0.717) is 6.07 Å². The molecule has 0 aliphatic heterocycles. The van der Waals surface area contributed by atoms with Gasteiger partial charge in [0, 0.05) is 47.5 Å². The van der Waals surface area contributed by atoms with Crippen LogP contribution >= 0.6 is 0 Å². The number of hydrogen-bond acceptors (Lipinski definition) is 4. The first-order valence-electron chi connectivity index (χ1n) is 6.63. The van der Waals surface area contributed by atoms with Crippen molar-refractivity contribution in [1.29, 1.82) is 0 Å². The van der Waals surface area contributed by atoms with Gasteiger partial charge in [0.05, 0.1) is 11.3 Å². The molecule has 25 heavy (non-hydrogen) atoms.